The fourth-order valence-electron chi connectivity index (χ4n) is 2.06. The fraction of sp³-hybridized carbons (Fsp3) is 0.538. The van der Waals surface area contributed by atoms with Crippen molar-refractivity contribution in [2.24, 2.45) is 0 Å². The van der Waals surface area contributed by atoms with Crippen LogP contribution in [0.15, 0.2) is 18.2 Å². The summed E-state index contributed by atoms with van der Waals surface area (Å²) >= 11 is 5.92. The molecule has 0 unspecified atom stereocenters. The van der Waals surface area contributed by atoms with Crippen LogP contribution in [0.2, 0.25) is 5.02 Å². The van der Waals surface area contributed by atoms with E-state index >= 15 is 0 Å². The fourth-order valence-corrected chi connectivity index (χ4v) is 2.29. The molecule has 16 heavy (non-hydrogen) atoms. The van der Waals surface area contributed by atoms with Gasteiger partial charge < -0.3 is 10.1 Å². The van der Waals surface area contributed by atoms with E-state index < -0.39 is 0 Å². The monoisotopic (exact) mass is 239 g/mol. The molecule has 1 saturated carbocycles. The molecule has 1 N–H and O–H groups in total. The molecule has 1 aromatic carbocycles. The van der Waals surface area contributed by atoms with Crippen molar-refractivity contribution in [3.8, 4) is 0 Å². The van der Waals surface area contributed by atoms with Crippen LogP contribution in [-0.2, 0) is 4.74 Å². The summed E-state index contributed by atoms with van der Waals surface area (Å²) in [5.74, 6) is 0. The van der Waals surface area contributed by atoms with Crippen LogP contribution in [0.1, 0.15) is 25.3 Å². The molecule has 1 aliphatic carbocycles. The van der Waals surface area contributed by atoms with Gasteiger partial charge in [-0.2, -0.15) is 0 Å². The third-order valence-electron chi connectivity index (χ3n) is 3.05. The molecule has 0 radical (unpaired) electrons. The molecule has 1 aliphatic rings. The topological polar surface area (TPSA) is 21.3 Å². The Labute approximate surface area is 102 Å². The number of hydrogen-bond acceptors (Lipinski definition) is 2. The summed E-state index contributed by atoms with van der Waals surface area (Å²) in [6, 6.07) is 6.51. The standard InChI is InChI=1S/C13H18ClNO/c1-3-16-12-7-11(8-12)15-13-5-4-10(14)6-9(13)2/h4-6,11-12,15H,3,7-8H2,1-2H3. The Morgan fingerprint density at radius 2 is 2.19 bits per heavy atom. The molecule has 3 heteroatoms. The van der Waals surface area contributed by atoms with E-state index in [0.717, 1.165) is 24.5 Å². The normalized spacial score (nSPS) is 23.9. The Hall–Kier alpha value is -0.730. The highest BCUT2D eigenvalue weighted by Gasteiger charge is 2.29. The number of halogens is 1. The lowest BCUT2D eigenvalue weighted by atomic mass is 9.89. The minimum Gasteiger partial charge on any atom is -0.382 e. The SMILES string of the molecule is CCOC1CC(Nc2ccc(Cl)cc2C)C1. The average Bonchev–Trinajstić information content (AvgIpc) is 2.18. The summed E-state index contributed by atoms with van der Waals surface area (Å²) in [4.78, 5) is 0. The van der Waals surface area contributed by atoms with E-state index in [-0.39, 0.29) is 0 Å². The van der Waals surface area contributed by atoms with Crippen LogP contribution in [0.3, 0.4) is 0 Å². The van der Waals surface area contributed by atoms with Crippen molar-refractivity contribution in [2.45, 2.75) is 38.8 Å². The quantitative estimate of drug-likeness (QED) is 0.867. The number of ether oxygens (including phenoxy) is 1. The van der Waals surface area contributed by atoms with Crippen LogP contribution in [0.25, 0.3) is 0 Å². The van der Waals surface area contributed by atoms with Crippen molar-refractivity contribution < 1.29 is 4.74 Å². The number of hydrogen-bond donors (Lipinski definition) is 1. The van der Waals surface area contributed by atoms with E-state index in [1.165, 1.54) is 11.3 Å². The van der Waals surface area contributed by atoms with Gasteiger partial charge in [0.05, 0.1) is 6.10 Å². The molecule has 0 saturated heterocycles. The van der Waals surface area contributed by atoms with Gasteiger partial charge in [0.2, 0.25) is 0 Å². The molecule has 0 atom stereocenters. The molecule has 2 rings (SSSR count). The predicted octanol–water partition coefficient (Wildman–Crippen LogP) is 3.63. The maximum absolute atomic E-state index is 5.92. The summed E-state index contributed by atoms with van der Waals surface area (Å²) in [7, 11) is 0. The Kier molecular flexibility index (Phi) is 3.72. The largest absolute Gasteiger partial charge is 0.382 e. The highest BCUT2D eigenvalue weighted by Crippen LogP contribution is 2.28. The van der Waals surface area contributed by atoms with Gasteiger partial charge in [-0.3, -0.25) is 0 Å². The first-order valence-corrected chi connectivity index (χ1v) is 6.21. The van der Waals surface area contributed by atoms with Gasteiger partial charge in [0.15, 0.2) is 0 Å². The minimum absolute atomic E-state index is 0.454. The molecule has 0 heterocycles. The van der Waals surface area contributed by atoms with Gasteiger partial charge in [-0.25, -0.2) is 0 Å². The maximum atomic E-state index is 5.92. The van der Waals surface area contributed by atoms with Crippen LogP contribution < -0.4 is 5.32 Å². The molecule has 88 valence electrons. The van der Waals surface area contributed by atoms with Crippen LogP contribution >= 0.6 is 11.6 Å². The van der Waals surface area contributed by atoms with Crippen molar-refractivity contribution in [1.82, 2.24) is 0 Å². The van der Waals surface area contributed by atoms with E-state index in [2.05, 4.69) is 12.2 Å². The smallest absolute Gasteiger partial charge is 0.0614 e. The zero-order valence-electron chi connectivity index (χ0n) is 9.79. The maximum Gasteiger partial charge on any atom is 0.0614 e. The third kappa shape index (κ3) is 2.69. The molecular weight excluding hydrogens is 222 g/mol. The first kappa shape index (κ1) is 11.7. The van der Waals surface area contributed by atoms with Crippen LogP contribution in [-0.4, -0.2) is 18.8 Å². The lowest BCUT2D eigenvalue weighted by Gasteiger charge is -2.36. The number of nitrogens with one attached hydrogen (secondary N) is 1. The van der Waals surface area contributed by atoms with Crippen LogP contribution in [0.4, 0.5) is 5.69 Å². The lowest BCUT2D eigenvalue weighted by Crippen LogP contribution is -2.40. The Morgan fingerprint density at radius 1 is 1.44 bits per heavy atom. The van der Waals surface area contributed by atoms with Crippen LogP contribution in [0.5, 0.6) is 0 Å². The van der Waals surface area contributed by atoms with Gasteiger partial charge >= 0.3 is 0 Å². The van der Waals surface area contributed by atoms with E-state index in [0.29, 0.717) is 12.1 Å². The second-order valence-electron chi connectivity index (χ2n) is 4.35. The number of anilines is 1. The Balaban J connectivity index is 1.87. The van der Waals surface area contributed by atoms with Gasteiger partial charge in [0.1, 0.15) is 0 Å². The second-order valence-corrected chi connectivity index (χ2v) is 4.79. The molecule has 2 nitrogen and oxygen atoms in total. The minimum atomic E-state index is 0.454. The molecule has 0 spiro atoms. The lowest BCUT2D eigenvalue weighted by molar-refractivity contribution is 0.00298. The van der Waals surface area contributed by atoms with E-state index in [1.807, 2.05) is 25.1 Å². The Morgan fingerprint density at radius 3 is 2.81 bits per heavy atom. The molecule has 0 aromatic heterocycles. The van der Waals surface area contributed by atoms with Gasteiger partial charge in [-0.1, -0.05) is 11.6 Å². The van der Waals surface area contributed by atoms with Crippen molar-refractivity contribution in [3.63, 3.8) is 0 Å². The van der Waals surface area contributed by atoms with Gasteiger partial charge in [0.25, 0.3) is 0 Å². The highest BCUT2D eigenvalue weighted by atomic mass is 35.5. The first-order chi connectivity index (χ1) is 7.69. The summed E-state index contributed by atoms with van der Waals surface area (Å²) in [6.07, 6.45) is 2.67. The molecular formula is C13H18ClNO. The average molecular weight is 240 g/mol. The summed E-state index contributed by atoms with van der Waals surface area (Å²) in [5.41, 5.74) is 2.39. The van der Waals surface area contributed by atoms with E-state index in [9.17, 15) is 0 Å². The van der Waals surface area contributed by atoms with Crippen molar-refractivity contribution in [2.75, 3.05) is 11.9 Å². The van der Waals surface area contributed by atoms with Gasteiger partial charge in [-0.15, -0.1) is 0 Å². The van der Waals surface area contributed by atoms with Crippen molar-refractivity contribution in [3.05, 3.63) is 28.8 Å². The van der Waals surface area contributed by atoms with Crippen LogP contribution in [0, 0.1) is 6.92 Å². The van der Waals surface area contributed by atoms with Crippen molar-refractivity contribution >= 4 is 17.3 Å². The molecule has 0 bridgehead atoms. The van der Waals surface area contributed by atoms with E-state index in [4.69, 9.17) is 16.3 Å². The third-order valence-corrected chi connectivity index (χ3v) is 3.28. The Bertz CT molecular complexity index is 361. The molecule has 1 aromatic rings. The van der Waals surface area contributed by atoms with Gasteiger partial charge in [0, 0.05) is 23.4 Å². The number of benzene rings is 1. The summed E-state index contributed by atoms with van der Waals surface area (Å²) < 4.78 is 5.53. The van der Waals surface area contributed by atoms with E-state index in [1.54, 1.807) is 0 Å². The first-order valence-electron chi connectivity index (χ1n) is 5.83. The van der Waals surface area contributed by atoms with Crippen molar-refractivity contribution in [1.29, 1.82) is 0 Å². The zero-order chi connectivity index (χ0) is 11.5. The summed E-state index contributed by atoms with van der Waals surface area (Å²) in [5, 5.41) is 4.32. The number of rotatable bonds is 4. The molecule has 1 fully saturated rings. The highest BCUT2D eigenvalue weighted by molar-refractivity contribution is 6.30. The predicted molar refractivity (Wildman–Crippen MR) is 68.2 cm³/mol. The molecule has 0 aliphatic heterocycles. The summed E-state index contributed by atoms with van der Waals surface area (Å²) in [6.45, 7) is 4.94. The number of aryl methyl sites for hydroxylation is 1. The molecule has 0 amide bonds. The zero-order valence-corrected chi connectivity index (χ0v) is 10.6. The second kappa shape index (κ2) is 5.07. The van der Waals surface area contributed by atoms with Gasteiger partial charge in [-0.05, 0) is 50.5 Å².